The van der Waals surface area contributed by atoms with Crippen molar-refractivity contribution in [2.24, 2.45) is 17.3 Å². The third-order valence-corrected chi connectivity index (χ3v) is 4.17. The summed E-state index contributed by atoms with van der Waals surface area (Å²) in [5, 5.41) is 11.9. The molecule has 0 unspecified atom stereocenters. The number of pyridine rings is 1. The zero-order chi connectivity index (χ0) is 14.9. The minimum Gasteiger partial charge on any atom is -0.481 e. The Bertz CT molecular complexity index is 540. The molecule has 2 N–H and O–H groups in total. The van der Waals surface area contributed by atoms with Crippen LogP contribution in [0.4, 0.5) is 0 Å². The van der Waals surface area contributed by atoms with Crippen LogP contribution < -0.4 is 5.32 Å². The van der Waals surface area contributed by atoms with Gasteiger partial charge in [0.25, 0.3) is 0 Å². The van der Waals surface area contributed by atoms with E-state index in [1.807, 2.05) is 32.9 Å². The molecule has 5 nitrogen and oxygen atoms in total. The summed E-state index contributed by atoms with van der Waals surface area (Å²) in [6, 6.07) is 3.85. The number of nitrogens with one attached hydrogen (secondary N) is 1. The fourth-order valence-corrected chi connectivity index (χ4v) is 2.82. The van der Waals surface area contributed by atoms with Crippen molar-refractivity contribution in [3.8, 4) is 0 Å². The normalized spacial score (nSPS) is 23.1. The summed E-state index contributed by atoms with van der Waals surface area (Å²) in [5.74, 6) is -2.14. The fraction of sp³-hybridized carbons (Fsp3) is 0.533. The molecule has 1 aromatic heterocycles. The van der Waals surface area contributed by atoms with Crippen LogP contribution in [0.3, 0.4) is 0 Å². The van der Waals surface area contributed by atoms with Gasteiger partial charge in [-0.25, -0.2) is 0 Å². The average molecular weight is 276 g/mol. The number of carboxylic acid groups (broad SMARTS) is 1. The van der Waals surface area contributed by atoms with Crippen molar-refractivity contribution in [2.45, 2.75) is 33.7 Å². The fourth-order valence-electron chi connectivity index (χ4n) is 2.82. The highest BCUT2D eigenvalue weighted by molar-refractivity contribution is 5.91. The minimum absolute atomic E-state index is 0.199. The SMILES string of the molecule is CCc1cccnc1CNC(=O)[C@H]1[C@@H](C(=O)O)C1(C)C. The lowest BCUT2D eigenvalue weighted by molar-refractivity contribution is -0.140. The Hall–Kier alpha value is -1.91. The first-order chi connectivity index (χ1) is 9.39. The molecule has 5 heteroatoms. The highest BCUT2D eigenvalue weighted by Crippen LogP contribution is 2.58. The summed E-state index contributed by atoms with van der Waals surface area (Å²) in [5.41, 5.74) is 1.47. The van der Waals surface area contributed by atoms with Gasteiger partial charge in [-0.2, -0.15) is 0 Å². The molecule has 1 aromatic rings. The lowest BCUT2D eigenvalue weighted by atomic mass is 10.1. The first-order valence-corrected chi connectivity index (χ1v) is 6.82. The maximum absolute atomic E-state index is 12.1. The van der Waals surface area contributed by atoms with Gasteiger partial charge in [-0.1, -0.05) is 26.8 Å². The van der Waals surface area contributed by atoms with Crippen LogP contribution in [-0.4, -0.2) is 22.0 Å². The maximum atomic E-state index is 12.1. The zero-order valence-electron chi connectivity index (χ0n) is 12.0. The van der Waals surface area contributed by atoms with Crippen LogP contribution in [0.15, 0.2) is 18.3 Å². The molecule has 108 valence electrons. The summed E-state index contributed by atoms with van der Waals surface area (Å²) in [7, 11) is 0. The Morgan fingerprint density at radius 1 is 1.40 bits per heavy atom. The van der Waals surface area contributed by atoms with Crippen LogP contribution in [0.5, 0.6) is 0 Å². The third-order valence-electron chi connectivity index (χ3n) is 4.17. The second-order valence-corrected chi connectivity index (χ2v) is 5.80. The average Bonchev–Trinajstić information content (AvgIpc) is 2.99. The number of carboxylic acids is 1. The van der Waals surface area contributed by atoms with Crippen molar-refractivity contribution < 1.29 is 14.7 Å². The van der Waals surface area contributed by atoms with Crippen molar-refractivity contribution >= 4 is 11.9 Å². The van der Waals surface area contributed by atoms with Crippen LogP contribution in [0, 0.1) is 17.3 Å². The number of aryl methyl sites for hydroxylation is 1. The molecule has 0 aromatic carbocycles. The number of nitrogens with zero attached hydrogens (tertiary/aromatic N) is 1. The third kappa shape index (κ3) is 2.53. The zero-order valence-corrected chi connectivity index (χ0v) is 12.0. The molecule has 1 fully saturated rings. The first-order valence-electron chi connectivity index (χ1n) is 6.82. The number of aromatic nitrogens is 1. The van der Waals surface area contributed by atoms with Gasteiger partial charge in [0, 0.05) is 6.20 Å². The summed E-state index contributed by atoms with van der Waals surface area (Å²) in [6.07, 6.45) is 2.55. The van der Waals surface area contributed by atoms with Crippen LogP contribution in [0.2, 0.25) is 0 Å². The van der Waals surface area contributed by atoms with E-state index in [9.17, 15) is 9.59 Å². The number of amides is 1. The Balaban J connectivity index is 1.99. The second-order valence-electron chi connectivity index (χ2n) is 5.80. The topological polar surface area (TPSA) is 79.3 Å². The van der Waals surface area contributed by atoms with Crippen molar-refractivity contribution in [2.75, 3.05) is 0 Å². The molecule has 0 radical (unpaired) electrons. The Morgan fingerprint density at radius 2 is 2.10 bits per heavy atom. The molecular weight excluding hydrogens is 256 g/mol. The van der Waals surface area contributed by atoms with Crippen LogP contribution in [0.25, 0.3) is 0 Å². The predicted octanol–water partition coefficient (Wildman–Crippen LogP) is 1.62. The highest BCUT2D eigenvalue weighted by atomic mass is 16.4. The van der Waals surface area contributed by atoms with E-state index >= 15 is 0 Å². The molecule has 1 aliphatic rings. The molecule has 20 heavy (non-hydrogen) atoms. The smallest absolute Gasteiger partial charge is 0.307 e. The summed E-state index contributed by atoms with van der Waals surface area (Å²) in [6.45, 7) is 6.01. The molecule has 0 spiro atoms. The van der Waals surface area contributed by atoms with Gasteiger partial charge in [0.05, 0.1) is 24.1 Å². The van der Waals surface area contributed by atoms with Crippen molar-refractivity contribution in [1.29, 1.82) is 0 Å². The molecule has 2 rings (SSSR count). The van der Waals surface area contributed by atoms with E-state index in [-0.39, 0.29) is 5.91 Å². The quantitative estimate of drug-likeness (QED) is 0.856. The van der Waals surface area contributed by atoms with Gasteiger partial charge in [0.15, 0.2) is 0 Å². The molecule has 1 aliphatic carbocycles. The van der Waals surface area contributed by atoms with Gasteiger partial charge in [-0.15, -0.1) is 0 Å². The van der Waals surface area contributed by atoms with Crippen LogP contribution in [-0.2, 0) is 22.6 Å². The van der Waals surface area contributed by atoms with E-state index in [1.54, 1.807) is 6.20 Å². The monoisotopic (exact) mass is 276 g/mol. The van der Waals surface area contributed by atoms with Gasteiger partial charge in [-0.3, -0.25) is 14.6 Å². The van der Waals surface area contributed by atoms with E-state index in [1.165, 1.54) is 0 Å². The van der Waals surface area contributed by atoms with Crippen molar-refractivity contribution in [3.63, 3.8) is 0 Å². The summed E-state index contributed by atoms with van der Waals surface area (Å²) >= 11 is 0. The molecule has 1 saturated carbocycles. The molecular formula is C15H20N2O3. The minimum atomic E-state index is -0.901. The Morgan fingerprint density at radius 3 is 2.65 bits per heavy atom. The van der Waals surface area contributed by atoms with E-state index < -0.39 is 23.2 Å². The molecule has 0 aliphatic heterocycles. The number of rotatable bonds is 5. The second kappa shape index (κ2) is 5.23. The Labute approximate surface area is 118 Å². The molecule has 2 atom stereocenters. The predicted molar refractivity (Wildman–Crippen MR) is 73.9 cm³/mol. The molecule has 1 heterocycles. The standard InChI is InChI=1S/C15H20N2O3/c1-4-9-6-5-7-16-10(9)8-17-13(18)11-12(14(19)20)15(11,2)3/h5-7,11-12H,4,8H2,1-3H3,(H,17,18)(H,19,20)/t11-,12+/m1/s1. The lowest BCUT2D eigenvalue weighted by Gasteiger charge is -2.08. The lowest BCUT2D eigenvalue weighted by Crippen LogP contribution is -2.27. The van der Waals surface area contributed by atoms with E-state index in [0.717, 1.165) is 17.7 Å². The number of hydrogen-bond acceptors (Lipinski definition) is 3. The van der Waals surface area contributed by atoms with Crippen LogP contribution in [0.1, 0.15) is 32.0 Å². The van der Waals surface area contributed by atoms with Crippen molar-refractivity contribution in [3.05, 3.63) is 29.6 Å². The van der Waals surface area contributed by atoms with E-state index in [4.69, 9.17) is 5.11 Å². The summed E-state index contributed by atoms with van der Waals surface area (Å²) in [4.78, 5) is 27.4. The molecule has 1 amide bonds. The number of hydrogen-bond donors (Lipinski definition) is 2. The highest BCUT2D eigenvalue weighted by Gasteiger charge is 2.65. The maximum Gasteiger partial charge on any atom is 0.307 e. The van der Waals surface area contributed by atoms with E-state index in [2.05, 4.69) is 10.3 Å². The van der Waals surface area contributed by atoms with Gasteiger partial charge < -0.3 is 10.4 Å². The van der Waals surface area contributed by atoms with Crippen LogP contribution >= 0.6 is 0 Å². The van der Waals surface area contributed by atoms with Gasteiger partial charge in [0.1, 0.15) is 0 Å². The number of carbonyl (C=O) groups is 2. The molecule has 0 saturated heterocycles. The first kappa shape index (κ1) is 14.5. The largest absolute Gasteiger partial charge is 0.481 e. The van der Waals surface area contributed by atoms with E-state index in [0.29, 0.717) is 6.54 Å². The van der Waals surface area contributed by atoms with Gasteiger partial charge in [0.2, 0.25) is 5.91 Å². The van der Waals surface area contributed by atoms with Gasteiger partial charge >= 0.3 is 5.97 Å². The number of aliphatic carboxylic acids is 1. The number of carbonyl (C=O) groups excluding carboxylic acids is 1. The summed E-state index contributed by atoms with van der Waals surface area (Å²) < 4.78 is 0. The van der Waals surface area contributed by atoms with Gasteiger partial charge in [-0.05, 0) is 23.5 Å². The Kier molecular flexibility index (Phi) is 3.79. The molecule has 0 bridgehead atoms. The van der Waals surface area contributed by atoms with Crippen molar-refractivity contribution in [1.82, 2.24) is 10.3 Å².